The zero-order valence-electron chi connectivity index (χ0n) is 12.8. The van der Waals surface area contributed by atoms with Gasteiger partial charge in [0.05, 0.1) is 6.07 Å². The van der Waals surface area contributed by atoms with Crippen molar-refractivity contribution < 1.29 is 23.7 Å². The van der Waals surface area contributed by atoms with Gasteiger partial charge in [-0.05, 0) is 31.0 Å². The van der Waals surface area contributed by atoms with Crippen LogP contribution in [-0.2, 0) is 16.0 Å². The molecule has 0 N–H and O–H groups in total. The zero-order valence-corrected chi connectivity index (χ0v) is 12.8. The molecule has 1 amide bonds. The summed E-state index contributed by atoms with van der Waals surface area (Å²) in [6, 6.07) is 9.72. The van der Waals surface area contributed by atoms with E-state index in [4.69, 9.17) is 9.15 Å². The van der Waals surface area contributed by atoms with E-state index in [0.29, 0.717) is 6.54 Å². The molecule has 3 rings (SSSR count). The molecule has 1 unspecified atom stereocenters. The fourth-order valence-electron chi connectivity index (χ4n) is 2.59. The second-order valence-corrected chi connectivity index (χ2v) is 5.31. The highest BCUT2D eigenvalue weighted by Crippen LogP contribution is 2.28. The number of fused-ring (bicyclic) bond motifs is 1. The molecule has 0 fully saturated rings. The van der Waals surface area contributed by atoms with Crippen LogP contribution in [0.1, 0.15) is 23.0 Å². The summed E-state index contributed by atoms with van der Waals surface area (Å²) < 4.78 is 9.84. The number of ether oxygens (including phenoxy) is 1. The van der Waals surface area contributed by atoms with Gasteiger partial charge in [-0.3, -0.25) is 14.9 Å². The van der Waals surface area contributed by atoms with Gasteiger partial charge in [-0.1, -0.05) is 18.2 Å². The highest BCUT2D eigenvalue weighted by Gasteiger charge is 2.30. The van der Waals surface area contributed by atoms with Crippen molar-refractivity contribution in [3.05, 3.63) is 57.8 Å². The third-order valence-electron chi connectivity index (χ3n) is 3.76. The van der Waals surface area contributed by atoms with Crippen LogP contribution < -0.4 is 4.90 Å². The van der Waals surface area contributed by atoms with Gasteiger partial charge in [0, 0.05) is 12.2 Å². The van der Waals surface area contributed by atoms with Gasteiger partial charge in [-0.25, -0.2) is 4.79 Å². The Balaban J connectivity index is 1.68. The number of carbonyl (C=O) groups is 2. The van der Waals surface area contributed by atoms with Gasteiger partial charge < -0.3 is 14.1 Å². The minimum absolute atomic E-state index is 0.317. The molecular weight excluding hydrogens is 316 g/mol. The summed E-state index contributed by atoms with van der Waals surface area (Å²) in [5.41, 5.74) is 1.87. The van der Waals surface area contributed by atoms with Crippen LogP contribution in [0.5, 0.6) is 0 Å². The average Bonchev–Trinajstić information content (AvgIpc) is 3.21. The number of nitrogens with zero attached hydrogens (tertiary/aromatic N) is 2. The molecule has 1 aromatic heterocycles. The Kier molecular flexibility index (Phi) is 4.03. The Hall–Kier alpha value is -3.16. The van der Waals surface area contributed by atoms with Gasteiger partial charge in [0.25, 0.3) is 5.91 Å². The number of amides is 1. The second kappa shape index (κ2) is 6.15. The van der Waals surface area contributed by atoms with Crippen LogP contribution in [0, 0.1) is 10.1 Å². The zero-order chi connectivity index (χ0) is 17.3. The third kappa shape index (κ3) is 2.85. The number of hydrogen-bond donors (Lipinski definition) is 0. The van der Waals surface area contributed by atoms with Crippen LogP contribution in [0.15, 0.2) is 40.8 Å². The van der Waals surface area contributed by atoms with Crippen molar-refractivity contribution in [1.29, 1.82) is 0 Å². The number of benzene rings is 1. The van der Waals surface area contributed by atoms with E-state index in [2.05, 4.69) is 0 Å². The Morgan fingerprint density at radius 1 is 1.29 bits per heavy atom. The second-order valence-electron chi connectivity index (χ2n) is 5.31. The minimum atomic E-state index is -1.03. The maximum Gasteiger partial charge on any atom is 0.433 e. The third-order valence-corrected chi connectivity index (χ3v) is 3.76. The molecule has 124 valence electrons. The predicted octanol–water partition coefficient (Wildman–Crippen LogP) is 2.32. The fourth-order valence-corrected chi connectivity index (χ4v) is 2.59. The van der Waals surface area contributed by atoms with E-state index in [-0.39, 0.29) is 11.7 Å². The number of carbonyl (C=O) groups excluding carboxylic acids is 2. The number of anilines is 1. The maximum absolute atomic E-state index is 12.5. The van der Waals surface area contributed by atoms with Crippen molar-refractivity contribution in [3.8, 4) is 0 Å². The maximum atomic E-state index is 12.5. The van der Waals surface area contributed by atoms with Gasteiger partial charge in [0.1, 0.15) is 4.92 Å². The summed E-state index contributed by atoms with van der Waals surface area (Å²) >= 11 is 0. The topological polar surface area (TPSA) is 103 Å². The van der Waals surface area contributed by atoms with Gasteiger partial charge in [0.15, 0.2) is 6.10 Å². The first kappa shape index (κ1) is 15.7. The monoisotopic (exact) mass is 330 g/mol. The molecule has 8 nitrogen and oxygen atoms in total. The lowest BCUT2D eigenvalue weighted by molar-refractivity contribution is -0.402. The van der Waals surface area contributed by atoms with Crippen molar-refractivity contribution in [2.75, 3.05) is 11.4 Å². The molecule has 1 aromatic carbocycles. The summed E-state index contributed by atoms with van der Waals surface area (Å²) in [6.45, 7) is 1.98. The smallest absolute Gasteiger partial charge is 0.433 e. The normalized spacial score (nSPS) is 14.1. The molecule has 0 bridgehead atoms. The lowest BCUT2D eigenvalue weighted by atomic mass is 10.2. The van der Waals surface area contributed by atoms with Gasteiger partial charge in [0.2, 0.25) is 5.76 Å². The molecule has 1 aliphatic rings. The summed E-state index contributed by atoms with van der Waals surface area (Å²) in [5.74, 6) is -2.15. The van der Waals surface area contributed by atoms with E-state index >= 15 is 0 Å². The molecule has 0 aliphatic carbocycles. The molecule has 0 spiro atoms. The predicted molar refractivity (Wildman–Crippen MR) is 82.7 cm³/mol. The number of nitro groups is 1. The average molecular weight is 330 g/mol. The van der Waals surface area contributed by atoms with E-state index < -0.39 is 22.9 Å². The summed E-state index contributed by atoms with van der Waals surface area (Å²) in [6.07, 6.45) is -0.291. The van der Waals surface area contributed by atoms with Crippen molar-refractivity contribution in [3.63, 3.8) is 0 Å². The van der Waals surface area contributed by atoms with Crippen LogP contribution in [0.25, 0.3) is 0 Å². The SMILES string of the molecule is CC(OC(=O)c1ccc([N+](=O)[O-])o1)C(=O)N1CCc2ccccc21. The van der Waals surface area contributed by atoms with Crippen molar-refractivity contribution in [1.82, 2.24) is 0 Å². The molecule has 2 aromatic rings. The number of furan rings is 1. The number of para-hydroxylation sites is 1. The molecule has 8 heteroatoms. The minimum Gasteiger partial charge on any atom is -0.447 e. The van der Waals surface area contributed by atoms with E-state index in [9.17, 15) is 19.7 Å². The summed E-state index contributed by atoms with van der Waals surface area (Å²) in [4.78, 5) is 35.8. The van der Waals surface area contributed by atoms with Crippen molar-refractivity contribution in [2.24, 2.45) is 0 Å². The number of rotatable bonds is 4. The van der Waals surface area contributed by atoms with Crippen LogP contribution in [0.4, 0.5) is 11.6 Å². The van der Waals surface area contributed by atoms with E-state index in [1.807, 2.05) is 24.3 Å². The first-order chi connectivity index (χ1) is 11.5. The molecule has 24 heavy (non-hydrogen) atoms. The van der Waals surface area contributed by atoms with E-state index in [0.717, 1.165) is 29.8 Å². The van der Waals surface area contributed by atoms with Crippen molar-refractivity contribution in [2.45, 2.75) is 19.4 Å². The fraction of sp³-hybridized carbons (Fsp3) is 0.250. The van der Waals surface area contributed by atoms with Gasteiger partial charge >= 0.3 is 11.9 Å². The molecule has 0 radical (unpaired) electrons. The summed E-state index contributed by atoms with van der Waals surface area (Å²) in [7, 11) is 0. The lowest BCUT2D eigenvalue weighted by Gasteiger charge is -2.21. The quantitative estimate of drug-likeness (QED) is 0.484. The molecule has 0 saturated carbocycles. The molecule has 0 saturated heterocycles. The standard InChI is InChI=1S/C16H14N2O6/c1-10(23-16(20)13-6-7-14(24-13)18(21)22)15(19)17-9-8-11-4-2-3-5-12(11)17/h2-7,10H,8-9H2,1H3. The summed E-state index contributed by atoms with van der Waals surface area (Å²) in [5, 5.41) is 10.6. The van der Waals surface area contributed by atoms with Crippen LogP contribution in [-0.4, -0.2) is 29.4 Å². The van der Waals surface area contributed by atoms with E-state index in [1.165, 1.54) is 6.92 Å². The van der Waals surface area contributed by atoms with E-state index in [1.54, 1.807) is 4.90 Å². The Bertz CT molecular complexity index is 812. The molecule has 1 atom stereocenters. The first-order valence-corrected chi connectivity index (χ1v) is 7.32. The van der Waals surface area contributed by atoms with Crippen molar-refractivity contribution >= 4 is 23.4 Å². The lowest BCUT2D eigenvalue weighted by Crippen LogP contribution is -2.39. The first-order valence-electron chi connectivity index (χ1n) is 7.32. The number of esters is 1. The Morgan fingerprint density at radius 2 is 2.04 bits per heavy atom. The Labute approximate surface area is 136 Å². The highest BCUT2D eigenvalue weighted by molar-refractivity contribution is 6.00. The van der Waals surface area contributed by atoms with Gasteiger partial charge in [-0.2, -0.15) is 0 Å². The van der Waals surface area contributed by atoms with Crippen LogP contribution in [0.2, 0.25) is 0 Å². The molecule has 2 heterocycles. The highest BCUT2D eigenvalue weighted by atomic mass is 16.7. The van der Waals surface area contributed by atoms with Gasteiger partial charge in [-0.15, -0.1) is 0 Å². The Morgan fingerprint density at radius 3 is 2.75 bits per heavy atom. The number of hydrogen-bond acceptors (Lipinski definition) is 6. The van der Waals surface area contributed by atoms with Crippen LogP contribution >= 0.6 is 0 Å². The van der Waals surface area contributed by atoms with Crippen LogP contribution in [0.3, 0.4) is 0 Å². The largest absolute Gasteiger partial charge is 0.447 e. The molecular formula is C16H14N2O6. The molecule has 1 aliphatic heterocycles.